The van der Waals surface area contributed by atoms with Gasteiger partial charge in [0.05, 0.1) is 64.1 Å². The normalized spacial score (nSPS) is 17.4. The highest BCUT2D eigenvalue weighted by Gasteiger charge is 2.51. The summed E-state index contributed by atoms with van der Waals surface area (Å²) in [5, 5.41) is 62.4. The van der Waals surface area contributed by atoms with Gasteiger partial charge in [0.15, 0.2) is 80.5 Å². The molecule has 14 aromatic rings. The van der Waals surface area contributed by atoms with Crippen molar-refractivity contribution in [2.75, 3.05) is 52.2 Å². The van der Waals surface area contributed by atoms with E-state index in [-0.39, 0.29) is 104 Å². The number of esters is 2. The molecule has 51 nitrogen and oxygen atoms in total. The van der Waals surface area contributed by atoms with Gasteiger partial charge in [0.25, 0.3) is 39.7 Å². The zero-order valence-corrected chi connectivity index (χ0v) is 64.3. The first kappa shape index (κ1) is 84.1. The molecule has 0 amide bonds. The Balaban J connectivity index is 0.000000144. The number of nitrogens with zero attached hydrogens (tertiary/aromatic N) is 22. The van der Waals surface area contributed by atoms with Crippen molar-refractivity contribution in [2.45, 2.75) is 76.3 Å². The number of anilines is 3. The predicted molar refractivity (Wildman–Crippen MR) is 428 cm³/mol. The second kappa shape index (κ2) is 37.5. The summed E-state index contributed by atoms with van der Waals surface area (Å²) in [5.74, 6) is 1.61. The molecule has 0 saturated carbocycles. The smallest absolute Gasteiger partial charge is 0.303 e. The number of azo groups is 4. The van der Waals surface area contributed by atoms with Gasteiger partial charge in [-0.25, -0.2) is 24.9 Å². The molecule has 121 heavy (non-hydrogen) atoms. The first-order chi connectivity index (χ1) is 58.3. The van der Waals surface area contributed by atoms with Crippen molar-refractivity contribution >= 4 is 157 Å². The van der Waals surface area contributed by atoms with Crippen LogP contribution in [0.1, 0.15) is 39.6 Å². The van der Waals surface area contributed by atoms with Crippen LogP contribution in [-0.2, 0) is 28.5 Å². The summed E-state index contributed by atoms with van der Waals surface area (Å²) in [4.78, 5) is 151. The Labute approximate surface area is 674 Å². The van der Waals surface area contributed by atoms with Crippen LogP contribution >= 0.6 is 0 Å². The van der Waals surface area contributed by atoms with Gasteiger partial charge in [0, 0.05) is 13.8 Å². The molecular formula is C70H71N33O18. The molecule has 0 aliphatic carbocycles. The number of fused-ring (bicyclic) bond motifs is 5. The predicted octanol–water partition coefficient (Wildman–Crippen LogP) is 6.07. The number of aromatic amines is 8. The van der Waals surface area contributed by atoms with E-state index in [2.05, 4.69) is 154 Å². The Morgan fingerprint density at radius 2 is 0.826 bits per heavy atom. The van der Waals surface area contributed by atoms with Crippen LogP contribution in [0.5, 0.6) is 23.0 Å². The zero-order valence-electron chi connectivity index (χ0n) is 64.3. The highest BCUT2D eigenvalue weighted by molar-refractivity contribution is 5.77. The molecule has 624 valence electrons. The van der Waals surface area contributed by atoms with Crippen LogP contribution in [-0.4, -0.2) is 211 Å². The molecule has 4 aromatic carbocycles. The highest BCUT2D eigenvalue weighted by Crippen LogP contribution is 2.41. The van der Waals surface area contributed by atoms with Crippen LogP contribution in [0.2, 0.25) is 0 Å². The number of aliphatic hydroxyl groups excluding tert-OH is 3. The lowest BCUT2D eigenvalue weighted by Crippen LogP contribution is -2.38. The number of H-pyrrole nitrogens is 8. The summed E-state index contributed by atoms with van der Waals surface area (Å²) in [6.45, 7) is 10.5. The number of aliphatic imine (C=N–C) groups is 2. The third-order valence-corrected chi connectivity index (χ3v) is 17.0. The maximum Gasteiger partial charge on any atom is 0.303 e. The number of imidazole rings is 5. The van der Waals surface area contributed by atoms with Crippen LogP contribution in [0.4, 0.5) is 76.3 Å². The number of methoxy groups -OCH3 is 4. The molecule has 16 rings (SSSR count). The maximum absolute atomic E-state index is 12.7. The molecule has 0 radical (unpaired) electrons. The summed E-state index contributed by atoms with van der Waals surface area (Å²) < 4.78 is 45.7. The monoisotopic (exact) mass is 1660 g/mol. The lowest BCUT2D eigenvalue weighted by molar-refractivity contribution is -0.165. The highest BCUT2D eigenvalue weighted by atomic mass is 16.6. The van der Waals surface area contributed by atoms with Gasteiger partial charge < -0.3 is 85.4 Å². The molecule has 12 heterocycles. The van der Waals surface area contributed by atoms with E-state index >= 15 is 0 Å². The van der Waals surface area contributed by atoms with Crippen LogP contribution < -0.4 is 63.9 Å². The summed E-state index contributed by atoms with van der Waals surface area (Å²) in [6.07, 6.45) is -7.06. The molecule has 2 fully saturated rings. The molecule has 17 N–H and O–H groups in total. The Kier molecular flexibility index (Phi) is 26.1. The molecule has 10 aromatic heterocycles. The number of nitrogens with one attached hydrogen (secondary N) is 8. The molecule has 0 spiro atoms. The molecule has 51 heteroatoms. The number of benzene rings is 4. The van der Waals surface area contributed by atoms with Crippen LogP contribution in [0.25, 0.3) is 55.8 Å². The second-order valence-electron chi connectivity index (χ2n) is 24.9. The minimum Gasteiger partial charge on any atom is -0.497 e. The maximum atomic E-state index is 12.7. The molecule has 0 bridgehead atoms. The Morgan fingerprint density at radius 1 is 0.446 bits per heavy atom. The number of hydrogen-bond acceptors (Lipinski definition) is 41. The fourth-order valence-corrected chi connectivity index (χ4v) is 11.5. The van der Waals surface area contributed by atoms with Gasteiger partial charge in [-0.3, -0.25) is 67.6 Å². The van der Waals surface area contributed by atoms with Gasteiger partial charge in [-0.2, -0.15) is 34.9 Å². The van der Waals surface area contributed by atoms with Crippen molar-refractivity contribution in [3.05, 3.63) is 155 Å². The molecule has 2 saturated heterocycles. The van der Waals surface area contributed by atoms with Crippen molar-refractivity contribution in [2.24, 2.45) is 50.9 Å². The summed E-state index contributed by atoms with van der Waals surface area (Å²) >= 11 is 0. The van der Waals surface area contributed by atoms with Crippen LogP contribution in [0, 0.1) is 0 Å². The average Bonchev–Trinajstić information content (AvgIpc) is 1.60. The van der Waals surface area contributed by atoms with E-state index in [4.69, 9.17) is 55.1 Å². The zero-order chi connectivity index (χ0) is 86.3. The minimum atomic E-state index is -1.45. The SMILES string of the molecule is C=Nc1nc2c(nc(N=Nc3ccc(OC)cc3)n2[C@@H]2O[C@H](CC)[C@H](OC(C)=O)C2OC(C)=O)c(=O)[nH]1.C=Nc1nc2nc(N=Nc3ccc(OC)cc3)[nH]c2c(=O)[nH]1.COc1ccc(N=Nc2nc3c(=O)[nH]c(N)nc3n2[C@@H]2O[C@H](CO)[C@H](O)C2O)cc1.COc1ccc(N=Nc2nc3nc(N)[nH]c(=O)c3[nH]2)cc1.Nc1nc2nc[nH]c2c(=O)[nH]1. The Bertz CT molecular complexity index is 6550. The first-order valence-corrected chi connectivity index (χ1v) is 35.3. The largest absolute Gasteiger partial charge is 0.497 e. The second-order valence-corrected chi connectivity index (χ2v) is 24.9. The topological polar surface area (TPSA) is 721 Å². The summed E-state index contributed by atoms with van der Waals surface area (Å²) in [6, 6.07) is 27.5. The van der Waals surface area contributed by atoms with E-state index in [0.29, 0.717) is 51.8 Å². The molecule has 8 atom stereocenters. The van der Waals surface area contributed by atoms with E-state index in [1.165, 1.54) is 36.4 Å². The minimum absolute atomic E-state index is 0.00218. The molecular weight excluding hydrogens is 1590 g/mol. The van der Waals surface area contributed by atoms with Crippen LogP contribution in [0.15, 0.2) is 178 Å². The van der Waals surface area contributed by atoms with Gasteiger partial charge in [-0.05, 0) is 117 Å². The molecule has 2 aliphatic rings. The number of rotatable bonds is 20. The van der Waals surface area contributed by atoms with Crippen molar-refractivity contribution in [1.29, 1.82) is 0 Å². The number of nitrogens with two attached hydrogens (primary N) is 3. The lowest BCUT2D eigenvalue weighted by Gasteiger charge is -2.24. The van der Waals surface area contributed by atoms with Gasteiger partial charge in [-0.1, -0.05) is 6.92 Å². The van der Waals surface area contributed by atoms with E-state index in [1.54, 1.807) is 118 Å². The summed E-state index contributed by atoms with van der Waals surface area (Å²) in [5.41, 5.74) is 17.5. The fraction of sp³-hybridized carbons (Fsp3) is 0.243. The van der Waals surface area contributed by atoms with Crippen molar-refractivity contribution in [1.82, 2.24) is 98.8 Å². The first-order valence-electron chi connectivity index (χ1n) is 35.3. The van der Waals surface area contributed by atoms with Gasteiger partial charge in [0.2, 0.25) is 41.6 Å². The number of nitrogen functional groups attached to an aromatic ring is 3. The van der Waals surface area contributed by atoms with Gasteiger partial charge in [-0.15, -0.1) is 40.9 Å². The molecule has 2 unspecified atom stereocenters. The number of carbonyl (C=O) groups is 2. The fourth-order valence-electron chi connectivity index (χ4n) is 11.5. The van der Waals surface area contributed by atoms with Crippen molar-refractivity contribution < 1.29 is 62.8 Å². The van der Waals surface area contributed by atoms with E-state index in [1.807, 2.05) is 6.92 Å². The third-order valence-electron chi connectivity index (χ3n) is 17.0. The number of aromatic nitrogens is 20. The number of ether oxygens (including phenoxy) is 8. The average molecular weight is 1660 g/mol. The van der Waals surface area contributed by atoms with E-state index in [0.717, 1.165) is 11.5 Å². The quantitative estimate of drug-likeness (QED) is 0.0234. The number of aliphatic hydroxyl groups is 3. The Hall–Kier alpha value is -16.3. The van der Waals surface area contributed by atoms with E-state index < -0.39 is 89.9 Å². The third kappa shape index (κ3) is 19.6. The number of hydrogen-bond donors (Lipinski definition) is 14. The van der Waals surface area contributed by atoms with Crippen molar-refractivity contribution in [3.63, 3.8) is 0 Å². The standard InChI is InChI=1S/C23H25N7O7.C17H19N7O6.C13H11N7O2.C12H11N7O2.C5H5N5O/c1-6-15-17(35-11(2)31)18(36-12(3)32)21(37-15)30-19-16(20(33)27-22(24-4)26-19)25-23(30)29-28-13-7-9-14(34-5)10-8-13;1-29-8-4-2-7(3-5-8)22-23-17-19-10-13(20-16(18)21-14(10)28)24(17)15-12(27)11(26)9(6-25)30-15;1-14-12-16-10-9(11(21)18-12)15-13(17-10)20-19-7-3-5-8(22-2)6-4-7;1-21-7-4-2-6(3-5-7)18-19-12-14-8-9(16-12)15-11(13)17-10(8)20;6-5-9-3-2(4(11)10-5)7-1-8-3/h7-10,15,17-18,21H,4,6H2,1-3,5H3,(H,26,27,33);2-5,9,11-12,15,25-27H,6H2,1H3,(H3,18,20,21,28);3-6H,1H2,2H3,(H2,15,16,17,18,21);2-5H,1H3,(H4,13,14,15,16,17,20);1H,(H4,6,7,8,9,10,11)/t15-,17+,18?,21-;9-,11+,12?,15-;;;/m11.../s1. The van der Waals surface area contributed by atoms with Gasteiger partial charge >= 0.3 is 11.9 Å². The lowest BCUT2D eigenvalue weighted by atomic mass is 10.1. The van der Waals surface area contributed by atoms with Gasteiger partial charge in [0.1, 0.15) is 47.4 Å². The van der Waals surface area contributed by atoms with Crippen molar-refractivity contribution in [3.8, 4) is 23.0 Å². The number of carbonyl (C=O) groups excluding carboxylic acids is 2. The molecule has 2 aliphatic heterocycles. The van der Waals surface area contributed by atoms with Crippen LogP contribution in [0.3, 0.4) is 0 Å². The van der Waals surface area contributed by atoms with E-state index in [9.17, 15) is 48.9 Å². The Morgan fingerprint density at radius 3 is 1.28 bits per heavy atom. The summed E-state index contributed by atoms with van der Waals surface area (Å²) in [7, 11) is 6.25.